The van der Waals surface area contributed by atoms with Crippen molar-refractivity contribution >= 4 is 30.1 Å². The normalized spacial score (nSPS) is 12.5. The van der Waals surface area contributed by atoms with Crippen LogP contribution >= 0.6 is 24.2 Å². The molecule has 0 bridgehead atoms. The molecule has 1 atom stereocenters. The predicted octanol–water partition coefficient (Wildman–Crippen LogP) is 1.80. The molecule has 1 aromatic rings. The van der Waals surface area contributed by atoms with Crippen molar-refractivity contribution in [3.8, 4) is 0 Å². The van der Waals surface area contributed by atoms with Gasteiger partial charge < -0.3 is 5.73 Å². The highest BCUT2D eigenvalue weighted by Gasteiger charge is 2.11. The molecule has 0 fully saturated rings. The van der Waals surface area contributed by atoms with Crippen LogP contribution in [0.2, 0.25) is 5.02 Å². The lowest BCUT2D eigenvalue weighted by Gasteiger charge is -2.05. The van der Waals surface area contributed by atoms with Gasteiger partial charge in [-0.1, -0.05) is 23.7 Å². The van der Waals surface area contributed by atoms with E-state index < -0.39 is 11.2 Å². The molecule has 0 spiro atoms. The Morgan fingerprint density at radius 1 is 1.42 bits per heavy atom. The number of hydrogen-bond donors (Lipinski definition) is 2. The number of primary amides is 1. The van der Waals surface area contributed by atoms with Crippen LogP contribution < -0.4 is 5.73 Å². The summed E-state index contributed by atoms with van der Waals surface area (Å²) >= 11 is 9.69. The molecule has 0 aliphatic heterocycles. The van der Waals surface area contributed by atoms with Crippen LogP contribution in [0.4, 0.5) is 0 Å². The fourth-order valence-electron chi connectivity index (χ4n) is 0.809. The highest BCUT2D eigenvalue weighted by molar-refractivity contribution is 7.81. The maximum Gasteiger partial charge on any atom is 0.234 e. The van der Waals surface area contributed by atoms with Gasteiger partial charge in [0.25, 0.3) is 0 Å². The lowest BCUT2D eigenvalue weighted by molar-refractivity contribution is -0.117. The standard InChI is InChI=1S/C8H8ClNOS/c9-6-3-1-5(2-4-6)7(12)8(10)11/h1-4,7,12H,(H2,10,11)/t7-/m1/s1. The fraction of sp³-hybridized carbons (Fsp3) is 0.125. The summed E-state index contributed by atoms with van der Waals surface area (Å²) in [5.74, 6) is -0.458. The highest BCUT2D eigenvalue weighted by atomic mass is 35.5. The molecule has 1 aromatic carbocycles. The number of thiol groups is 1. The second kappa shape index (κ2) is 3.83. The second-order valence-corrected chi connectivity index (χ2v) is 3.31. The first-order chi connectivity index (χ1) is 5.61. The van der Waals surface area contributed by atoms with Crippen molar-refractivity contribution in [3.63, 3.8) is 0 Å². The number of amides is 1. The Morgan fingerprint density at radius 2 is 1.92 bits per heavy atom. The SMILES string of the molecule is NC(=O)[C@H](S)c1ccc(Cl)cc1. The van der Waals surface area contributed by atoms with Crippen LogP contribution in [-0.2, 0) is 4.79 Å². The van der Waals surface area contributed by atoms with Gasteiger partial charge in [-0.15, -0.1) is 0 Å². The first-order valence-electron chi connectivity index (χ1n) is 3.34. The Morgan fingerprint density at radius 3 is 2.33 bits per heavy atom. The molecule has 12 heavy (non-hydrogen) atoms. The molecule has 0 heterocycles. The minimum Gasteiger partial charge on any atom is -0.368 e. The number of benzene rings is 1. The van der Waals surface area contributed by atoms with Gasteiger partial charge in [0, 0.05) is 5.02 Å². The number of halogens is 1. The van der Waals surface area contributed by atoms with Crippen LogP contribution in [0.5, 0.6) is 0 Å². The van der Waals surface area contributed by atoms with E-state index in [-0.39, 0.29) is 0 Å². The molecule has 64 valence electrons. The molecule has 0 aliphatic carbocycles. The van der Waals surface area contributed by atoms with E-state index in [0.717, 1.165) is 5.56 Å². The lowest BCUT2D eigenvalue weighted by atomic mass is 10.1. The van der Waals surface area contributed by atoms with E-state index in [1.165, 1.54) is 0 Å². The van der Waals surface area contributed by atoms with Gasteiger partial charge in [0.05, 0.1) is 0 Å². The van der Waals surface area contributed by atoms with E-state index in [2.05, 4.69) is 12.6 Å². The third-order valence-electron chi connectivity index (χ3n) is 1.46. The zero-order valence-electron chi connectivity index (χ0n) is 6.20. The van der Waals surface area contributed by atoms with Crippen LogP contribution in [0.3, 0.4) is 0 Å². The molecule has 2 N–H and O–H groups in total. The minimum atomic E-state index is -0.553. The summed E-state index contributed by atoms with van der Waals surface area (Å²) in [7, 11) is 0. The van der Waals surface area contributed by atoms with Crippen LogP contribution in [0.1, 0.15) is 10.8 Å². The van der Waals surface area contributed by atoms with E-state index in [0.29, 0.717) is 5.02 Å². The third-order valence-corrected chi connectivity index (χ3v) is 2.26. The molecule has 1 rings (SSSR count). The average Bonchev–Trinajstić information content (AvgIpc) is 2.04. The minimum absolute atomic E-state index is 0.458. The zero-order valence-corrected chi connectivity index (χ0v) is 7.85. The second-order valence-electron chi connectivity index (χ2n) is 2.36. The lowest BCUT2D eigenvalue weighted by Crippen LogP contribution is -2.16. The molecule has 0 aliphatic rings. The fourth-order valence-corrected chi connectivity index (χ4v) is 1.11. The topological polar surface area (TPSA) is 43.1 Å². The summed E-state index contributed by atoms with van der Waals surface area (Å²) in [6.45, 7) is 0. The van der Waals surface area contributed by atoms with Crippen molar-refractivity contribution in [2.24, 2.45) is 5.73 Å². The van der Waals surface area contributed by atoms with Crippen molar-refractivity contribution in [2.75, 3.05) is 0 Å². The maximum absolute atomic E-state index is 10.7. The van der Waals surface area contributed by atoms with Gasteiger partial charge in [-0.3, -0.25) is 4.79 Å². The molecule has 0 radical (unpaired) electrons. The Hall–Kier alpha value is -0.670. The van der Waals surface area contributed by atoms with Gasteiger partial charge in [-0.2, -0.15) is 12.6 Å². The smallest absolute Gasteiger partial charge is 0.234 e. The number of rotatable bonds is 2. The maximum atomic E-state index is 10.7. The number of carbonyl (C=O) groups excluding carboxylic acids is 1. The Bertz CT molecular complexity index is 286. The van der Waals surface area contributed by atoms with E-state index in [4.69, 9.17) is 17.3 Å². The van der Waals surface area contributed by atoms with E-state index in [1.807, 2.05) is 0 Å². The Kier molecular flexibility index (Phi) is 3.00. The number of carbonyl (C=O) groups is 1. The number of hydrogen-bond acceptors (Lipinski definition) is 2. The Balaban J connectivity index is 2.89. The van der Waals surface area contributed by atoms with E-state index in [1.54, 1.807) is 24.3 Å². The molecule has 0 saturated carbocycles. The van der Waals surface area contributed by atoms with Crippen LogP contribution in [0.25, 0.3) is 0 Å². The van der Waals surface area contributed by atoms with Crippen molar-refractivity contribution in [1.29, 1.82) is 0 Å². The molecule has 0 unspecified atom stereocenters. The molecular formula is C8H8ClNOS. The van der Waals surface area contributed by atoms with Crippen molar-refractivity contribution in [3.05, 3.63) is 34.9 Å². The molecular weight excluding hydrogens is 194 g/mol. The van der Waals surface area contributed by atoms with E-state index in [9.17, 15) is 4.79 Å². The van der Waals surface area contributed by atoms with Crippen molar-refractivity contribution in [1.82, 2.24) is 0 Å². The number of nitrogens with two attached hydrogens (primary N) is 1. The molecule has 0 saturated heterocycles. The third kappa shape index (κ3) is 2.16. The summed E-state index contributed by atoms with van der Waals surface area (Å²) in [6.07, 6.45) is 0. The van der Waals surface area contributed by atoms with Crippen LogP contribution in [0.15, 0.2) is 24.3 Å². The monoisotopic (exact) mass is 201 g/mol. The van der Waals surface area contributed by atoms with Gasteiger partial charge in [0.15, 0.2) is 0 Å². The molecule has 4 heteroatoms. The zero-order chi connectivity index (χ0) is 9.14. The van der Waals surface area contributed by atoms with Gasteiger partial charge in [-0.25, -0.2) is 0 Å². The largest absolute Gasteiger partial charge is 0.368 e. The van der Waals surface area contributed by atoms with Crippen molar-refractivity contribution in [2.45, 2.75) is 5.25 Å². The summed E-state index contributed by atoms with van der Waals surface area (Å²) in [5, 5.41) is 0.0750. The van der Waals surface area contributed by atoms with Crippen molar-refractivity contribution < 1.29 is 4.79 Å². The van der Waals surface area contributed by atoms with Crippen LogP contribution in [0, 0.1) is 0 Å². The van der Waals surface area contributed by atoms with Gasteiger partial charge >= 0.3 is 0 Å². The Labute approximate surface area is 81.1 Å². The van der Waals surface area contributed by atoms with Gasteiger partial charge in [0.2, 0.25) is 5.91 Å². The predicted molar refractivity (Wildman–Crippen MR) is 52.4 cm³/mol. The summed E-state index contributed by atoms with van der Waals surface area (Å²) < 4.78 is 0. The average molecular weight is 202 g/mol. The quantitative estimate of drug-likeness (QED) is 0.705. The van der Waals surface area contributed by atoms with E-state index >= 15 is 0 Å². The van der Waals surface area contributed by atoms with Gasteiger partial charge in [0.1, 0.15) is 5.25 Å². The molecule has 0 aromatic heterocycles. The van der Waals surface area contributed by atoms with Crippen LogP contribution in [-0.4, -0.2) is 5.91 Å². The molecule has 2 nitrogen and oxygen atoms in total. The highest BCUT2D eigenvalue weighted by Crippen LogP contribution is 2.20. The first-order valence-corrected chi connectivity index (χ1v) is 4.23. The summed E-state index contributed by atoms with van der Waals surface area (Å²) in [6, 6.07) is 6.85. The van der Waals surface area contributed by atoms with Gasteiger partial charge in [-0.05, 0) is 17.7 Å². The first kappa shape index (κ1) is 9.42. The summed E-state index contributed by atoms with van der Waals surface area (Å²) in [5.41, 5.74) is 5.82. The molecule has 1 amide bonds. The summed E-state index contributed by atoms with van der Waals surface area (Å²) in [4.78, 5) is 10.7.